The lowest BCUT2D eigenvalue weighted by atomic mass is 10.1. The van der Waals surface area contributed by atoms with E-state index in [4.69, 9.17) is 13.9 Å². The van der Waals surface area contributed by atoms with Crippen LogP contribution >= 0.6 is 0 Å². The second-order valence-electron chi connectivity index (χ2n) is 13.0. The summed E-state index contributed by atoms with van der Waals surface area (Å²) in [5.41, 5.74) is -1.45. The average Bonchev–Trinajstić information content (AvgIpc) is 2.78. The van der Waals surface area contributed by atoms with Crippen LogP contribution in [0.2, 0.25) is 5.04 Å². The van der Waals surface area contributed by atoms with E-state index in [0.717, 1.165) is 4.90 Å². The zero-order valence-corrected chi connectivity index (χ0v) is 26.0. The zero-order chi connectivity index (χ0) is 28.8. The first kappa shape index (κ1) is 31.6. The molecule has 0 bridgehead atoms. The van der Waals surface area contributed by atoms with Crippen LogP contribution in [0.15, 0.2) is 60.7 Å². The van der Waals surface area contributed by atoms with Gasteiger partial charge in [-0.2, -0.15) is 0 Å². The Kier molecular flexibility index (Phi) is 10.4. The van der Waals surface area contributed by atoms with E-state index in [1.165, 1.54) is 10.4 Å². The van der Waals surface area contributed by atoms with Crippen LogP contribution in [0.4, 0.5) is 9.59 Å². The molecule has 6 nitrogen and oxygen atoms in total. The van der Waals surface area contributed by atoms with Crippen LogP contribution in [0.5, 0.6) is 0 Å². The molecule has 210 valence electrons. The van der Waals surface area contributed by atoms with E-state index < -0.39 is 31.7 Å². The van der Waals surface area contributed by atoms with Gasteiger partial charge in [-0.25, -0.2) is 14.5 Å². The average molecular weight is 542 g/mol. The lowest BCUT2D eigenvalue weighted by molar-refractivity contribution is 0.000305. The normalized spacial score (nSPS) is 13.5. The number of benzene rings is 2. The molecule has 7 heteroatoms. The van der Waals surface area contributed by atoms with Crippen molar-refractivity contribution in [3.05, 3.63) is 60.7 Å². The minimum Gasteiger partial charge on any atom is -0.443 e. The van der Waals surface area contributed by atoms with E-state index >= 15 is 0 Å². The molecule has 2 aromatic rings. The molecule has 0 aliphatic carbocycles. The fourth-order valence-corrected chi connectivity index (χ4v) is 9.04. The van der Waals surface area contributed by atoms with E-state index in [-0.39, 0.29) is 17.5 Å². The van der Waals surface area contributed by atoms with Crippen LogP contribution in [0, 0.1) is 5.92 Å². The van der Waals surface area contributed by atoms with E-state index in [1.807, 2.05) is 12.1 Å². The summed E-state index contributed by atoms with van der Waals surface area (Å²) in [7, 11) is -2.67. The fraction of sp³-hybridized carbons (Fsp3) is 0.548. The summed E-state index contributed by atoms with van der Waals surface area (Å²) in [6.45, 7) is 20.1. The minimum atomic E-state index is -2.67. The van der Waals surface area contributed by atoms with Gasteiger partial charge in [0.05, 0.1) is 0 Å². The van der Waals surface area contributed by atoms with Crippen LogP contribution < -0.4 is 10.4 Å². The third kappa shape index (κ3) is 8.70. The van der Waals surface area contributed by atoms with Gasteiger partial charge >= 0.3 is 12.2 Å². The fourth-order valence-electron chi connectivity index (χ4n) is 4.35. The first-order chi connectivity index (χ1) is 17.5. The smallest absolute Gasteiger partial charge is 0.419 e. The molecule has 2 aromatic carbocycles. The van der Waals surface area contributed by atoms with Crippen molar-refractivity contribution < 1.29 is 23.5 Å². The minimum absolute atomic E-state index is 0.0732. The van der Waals surface area contributed by atoms with Gasteiger partial charge < -0.3 is 13.9 Å². The van der Waals surface area contributed by atoms with Crippen molar-refractivity contribution >= 4 is 30.9 Å². The molecular weight excluding hydrogens is 494 g/mol. The van der Waals surface area contributed by atoms with Crippen LogP contribution in [0.1, 0.15) is 75.7 Å². The number of rotatable bonds is 8. The van der Waals surface area contributed by atoms with Crippen molar-refractivity contribution in [3.63, 3.8) is 0 Å². The maximum absolute atomic E-state index is 12.9. The molecule has 0 N–H and O–H groups in total. The van der Waals surface area contributed by atoms with E-state index in [9.17, 15) is 9.59 Å². The van der Waals surface area contributed by atoms with Crippen molar-refractivity contribution in [2.75, 3.05) is 13.2 Å². The van der Waals surface area contributed by atoms with Gasteiger partial charge in [0, 0.05) is 13.2 Å². The molecule has 0 radical (unpaired) electrons. The van der Waals surface area contributed by atoms with Gasteiger partial charge in [-0.15, -0.1) is 0 Å². The number of imide groups is 1. The Morgan fingerprint density at radius 1 is 0.737 bits per heavy atom. The lowest BCUT2D eigenvalue weighted by Crippen LogP contribution is -2.66. The number of hydrogen-bond donors (Lipinski definition) is 0. The highest BCUT2D eigenvalue weighted by molar-refractivity contribution is 6.99. The summed E-state index contributed by atoms with van der Waals surface area (Å²) < 4.78 is 18.0. The summed E-state index contributed by atoms with van der Waals surface area (Å²) in [6, 6.07) is 21.0. The molecule has 0 saturated heterocycles. The van der Waals surface area contributed by atoms with E-state index in [1.54, 1.807) is 41.5 Å². The molecule has 2 rings (SSSR count). The van der Waals surface area contributed by atoms with E-state index in [0.29, 0.717) is 13.0 Å². The Bertz CT molecular complexity index is 968. The maximum atomic E-state index is 12.9. The summed E-state index contributed by atoms with van der Waals surface area (Å²) >= 11 is 0. The van der Waals surface area contributed by atoms with Crippen molar-refractivity contribution in [1.82, 2.24) is 4.90 Å². The second kappa shape index (κ2) is 12.5. The highest BCUT2D eigenvalue weighted by atomic mass is 28.4. The molecule has 0 aromatic heterocycles. The number of ether oxygens (including phenoxy) is 2. The van der Waals surface area contributed by atoms with Crippen LogP contribution in [0.25, 0.3) is 0 Å². The van der Waals surface area contributed by atoms with Gasteiger partial charge in [-0.05, 0) is 69.3 Å². The Labute approximate surface area is 230 Å². The van der Waals surface area contributed by atoms with Crippen molar-refractivity contribution in [2.45, 2.75) is 91.9 Å². The van der Waals surface area contributed by atoms with Crippen LogP contribution in [-0.2, 0) is 13.9 Å². The summed E-state index contributed by atoms with van der Waals surface area (Å²) in [5.74, 6) is 0.0732. The molecule has 0 saturated carbocycles. The van der Waals surface area contributed by atoms with Gasteiger partial charge in [0.25, 0.3) is 8.32 Å². The molecule has 0 unspecified atom stereocenters. The summed E-state index contributed by atoms with van der Waals surface area (Å²) in [6.07, 6.45) is -0.852. The van der Waals surface area contributed by atoms with Gasteiger partial charge in [0.1, 0.15) is 11.2 Å². The van der Waals surface area contributed by atoms with Crippen molar-refractivity contribution in [1.29, 1.82) is 0 Å². The molecule has 0 heterocycles. The van der Waals surface area contributed by atoms with Crippen LogP contribution in [-0.4, -0.2) is 49.8 Å². The Morgan fingerprint density at radius 3 is 1.47 bits per heavy atom. The predicted octanol–water partition coefficient (Wildman–Crippen LogP) is 6.76. The number of carbonyl (C=O) groups is 2. The zero-order valence-electron chi connectivity index (χ0n) is 25.0. The van der Waals surface area contributed by atoms with Crippen molar-refractivity contribution in [2.24, 2.45) is 5.92 Å². The molecule has 0 fully saturated rings. The van der Waals surface area contributed by atoms with Gasteiger partial charge in [-0.1, -0.05) is 88.4 Å². The maximum Gasteiger partial charge on any atom is 0.419 e. The molecule has 0 aliphatic rings. The predicted molar refractivity (Wildman–Crippen MR) is 157 cm³/mol. The highest BCUT2D eigenvalue weighted by Gasteiger charge is 2.50. The Balaban J connectivity index is 2.27. The first-order valence-electron chi connectivity index (χ1n) is 13.4. The Hall–Kier alpha value is -2.64. The second-order valence-corrected chi connectivity index (χ2v) is 17.3. The quantitative estimate of drug-likeness (QED) is 0.346. The van der Waals surface area contributed by atoms with Gasteiger partial charge in [0.15, 0.2) is 0 Å². The van der Waals surface area contributed by atoms with E-state index in [2.05, 4.69) is 76.2 Å². The molecule has 1 atom stereocenters. The molecule has 2 amide bonds. The van der Waals surface area contributed by atoms with Gasteiger partial charge in [0.2, 0.25) is 0 Å². The molecule has 38 heavy (non-hydrogen) atoms. The third-order valence-electron chi connectivity index (χ3n) is 6.07. The number of carbonyl (C=O) groups excluding carboxylic acids is 2. The molecular formula is C31H47NO5Si. The third-order valence-corrected chi connectivity index (χ3v) is 11.1. The number of amides is 2. The topological polar surface area (TPSA) is 65.1 Å². The monoisotopic (exact) mass is 541 g/mol. The largest absolute Gasteiger partial charge is 0.443 e. The standard InChI is InChI=1S/C31H47NO5Si/c1-24(21-22-32(27(33)36-29(2,3)4)28(34)37-30(5,6)7)23-35-38(31(8,9)10,25-17-13-11-14-18-25)26-19-15-12-16-20-26/h11-20,24H,21-23H2,1-10H3/t24-/m1/s1. The summed E-state index contributed by atoms with van der Waals surface area (Å²) in [5, 5.41) is 2.30. The first-order valence-corrected chi connectivity index (χ1v) is 15.4. The SMILES string of the molecule is C[C@H](CCN(C(=O)OC(C)(C)C)C(=O)OC(C)(C)C)CO[Si](c1ccccc1)(c1ccccc1)C(C)(C)C. The Morgan fingerprint density at radius 2 is 1.13 bits per heavy atom. The molecule has 0 spiro atoms. The van der Waals surface area contributed by atoms with Crippen molar-refractivity contribution in [3.8, 4) is 0 Å². The van der Waals surface area contributed by atoms with Gasteiger partial charge in [-0.3, -0.25) is 0 Å². The van der Waals surface area contributed by atoms with Crippen LogP contribution in [0.3, 0.4) is 0 Å². The highest BCUT2D eigenvalue weighted by Crippen LogP contribution is 2.37. The number of nitrogens with zero attached hydrogens (tertiary/aromatic N) is 1. The summed E-state index contributed by atoms with van der Waals surface area (Å²) in [4.78, 5) is 26.9. The molecule has 0 aliphatic heterocycles. The number of hydrogen-bond acceptors (Lipinski definition) is 5. The lowest BCUT2D eigenvalue weighted by Gasteiger charge is -2.43.